The highest BCUT2D eigenvalue weighted by Crippen LogP contribution is 2.01. The quantitative estimate of drug-likeness (QED) is 0.678. The van der Waals surface area contributed by atoms with Gasteiger partial charge in [0.15, 0.2) is 0 Å². The maximum Gasteiger partial charge on any atom is 0.323 e. The molecule has 0 atom stereocenters. The van der Waals surface area contributed by atoms with Gasteiger partial charge in [-0.05, 0) is 13.8 Å². The van der Waals surface area contributed by atoms with Gasteiger partial charge in [-0.15, -0.1) is 5.10 Å². The van der Waals surface area contributed by atoms with E-state index in [1.54, 1.807) is 20.0 Å². The van der Waals surface area contributed by atoms with Crippen LogP contribution in [0.5, 0.6) is 0 Å². The molecule has 1 aromatic rings. The molecule has 100 valence electrons. The van der Waals surface area contributed by atoms with Crippen molar-refractivity contribution < 1.29 is 14.7 Å². The Kier molecular flexibility index (Phi) is 4.78. The molecule has 0 aromatic carbocycles. The van der Waals surface area contributed by atoms with Crippen LogP contribution in [-0.2, 0) is 22.7 Å². The number of aliphatic carboxylic acids is 1. The van der Waals surface area contributed by atoms with E-state index in [4.69, 9.17) is 10.8 Å². The van der Waals surface area contributed by atoms with E-state index in [1.807, 2.05) is 0 Å². The van der Waals surface area contributed by atoms with E-state index >= 15 is 0 Å². The number of carbonyl (C=O) groups excluding carboxylic acids is 1. The third kappa shape index (κ3) is 3.81. The van der Waals surface area contributed by atoms with E-state index in [-0.39, 0.29) is 31.6 Å². The van der Waals surface area contributed by atoms with Crippen LogP contribution in [-0.4, -0.2) is 49.5 Å². The first-order chi connectivity index (χ1) is 8.43. The number of carbonyl (C=O) groups is 2. The molecule has 1 rings (SSSR count). The lowest BCUT2D eigenvalue weighted by Gasteiger charge is -2.24. The van der Waals surface area contributed by atoms with Crippen molar-refractivity contribution in [2.75, 3.05) is 6.54 Å². The van der Waals surface area contributed by atoms with Crippen LogP contribution in [0.25, 0.3) is 0 Å². The van der Waals surface area contributed by atoms with Gasteiger partial charge in [0.1, 0.15) is 13.1 Å². The minimum Gasteiger partial charge on any atom is -0.480 e. The van der Waals surface area contributed by atoms with Gasteiger partial charge in [0, 0.05) is 12.6 Å². The first kappa shape index (κ1) is 14.1. The van der Waals surface area contributed by atoms with Crippen LogP contribution in [0.1, 0.15) is 19.5 Å². The topological polar surface area (TPSA) is 114 Å². The zero-order chi connectivity index (χ0) is 13.7. The van der Waals surface area contributed by atoms with Crippen molar-refractivity contribution >= 4 is 11.9 Å². The summed E-state index contributed by atoms with van der Waals surface area (Å²) in [4.78, 5) is 23.9. The zero-order valence-corrected chi connectivity index (χ0v) is 10.4. The molecule has 0 aliphatic carbocycles. The van der Waals surface area contributed by atoms with Crippen molar-refractivity contribution in [3.8, 4) is 0 Å². The van der Waals surface area contributed by atoms with Gasteiger partial charge >= 0.3 is 5.97 Å². The minimum atomic E-state index is -1.04. The van der Waals surface area contributed by atoms with Gasteiger partial charge in [0.25, 0.3) is 0 Å². The number of nitrogens with zero attached hydrogens (tertiary/aromatic N) is 4. The molecule has 0 saturated heterocycles. The van der Waals surface area contributed by atoms with Gasteiger partial charge in [-0.25, -0.2) is 4.68 Å². The van der Waals surface area contributed by atoms with Crippen LogP contribution in [0, 0.1) is 0 Å². The van der Waals surface area contributed by atoms with Crippen LogP contribution < -0.4 is 5.73 Å². The van der Waals surface area contributed by atoms with Crippen molar-refractivity contribution in [2.24, 2.45) is 5.73 Å². The molecule has 18 heavy (non-hydrogen) atoms. The Morgan fingerprint density at radius 1 is 1.56 bits per heavy atom. The second-order valence-corrected chi connectivity index (χ2v) is 4.12. The maximum atomic E-state index is 11.9. The molecule has 0 spiro atoms. The molecule has 0 aliphatic heterocycles. The van der Waals surface area contributed by atoms with Gasteiger partial charge < -0.3 is 15.7 Å². The van der Waals surface area contributed by atoms with Crippen LogP contribution in [0.4, 0.5) is 0 Å². The fourth-order valence-corrected chi connectivity index (χ4v) is 1.44. The number of amides is 1. The number of aromatic nitrogens is 3. The number of hydrogen-bond acceptors (Lipinski definition) is 5. The highest BCUT2D eigenvalue weighted by molar-refractivity contribution is 5.81. The van der Waals surface area contributed by atoms with Crippen molar-refractivity contribution in [3.05, 3.63) is 11.9 Å². The lowest BCUT2D eigenvalue weighted by molar-refractivity contribution is -0.146. The highest BCUT2D eigenvalue weighted by atomic mass is 16.4. The Balaban J connectivity index is 2.69. The number of hydrogen-bond donors (Lipinski definition) is 2. The number of carboxylic acid groups (broad SMARTS) is 1. The van der Waals surface area contributed by atoms with Gasteiger partial charge in [-0.3, -0.25) is 9.59 Å². The lowest BCUT2D eigenvalue weighted by atomic mass is 10.3. The van der Waals surface area contributed by atoms with Crippen LogP contribution in [0.15, 0.2) is 6.20 Å². The van der Waals surface area contributed by atoms with E-state index in [2.05, 4.69) is 10.3 Å². The van der Waals surface area contributed by atoms with Gasteiger partial charge in [-0.1, -0.05) is 5.21 Å². The molecule has 8 nitrogen and oxygen atoms in total. The largest absolute Gasteiger partial charge is 0.480 e. The Hall–Kier alpha value is -1.96. The first-order valence-electron chi connectivity index (χ1n) is 5.54. The monoisotopic (exact) mass is 255 g/mol. The standard InChI is InChI=1S/C10H17N5O3/c1-7(2)15(6-10(17)18)9(16)5-14-4-8(3-11)12-13-14/h4,7H,3,5-6,11H2,1-2H3,(H,17,18). The normalized spacial score (nSPS) is 10.7. The Bertz CT molecular complexity index is 429. The zero-order valence-electron chi connectivity index (χ0n) is 10.4. The molecule has 0 aliphatic rings. The van der Waals surface area contributed by atoms with E-state index in [0.717, 1.165) is 0 Å². The predicted molar refractivity (Wildman–Crippen MR) is 62.4 cm³/mol. The molecule has 0 fully saturated rings. The summed E-state index contributed by atoms with van der Waals surface area (Å²) in [5, 5.41) is 16.2. The summed E-state index contributed by atoms with van der Waals surface area (Å²) in [5.41, 5.74) is 5.96. The predicted octanol–water partition coefficient (Wildman–Crippen LogP) is -0.942. The van der Waals surface area contributed by atoms with Crippen molar-refractivity contribution in [1.29, 1.82) is 0 Å². The second-order valence-electron chi connectivity index (χ2n) is 4.12. The molecule has 1 heterocycles. The molecule has 0 bridgehead atoms. The first-order valence-corrected chi connectivity index (χ1v) is 5.54. The van der Waals surface area contributed by atoms with E-state index < -0.39 is 5.97 Å². The summed E-state index contributed by atoms with van der Waals surface area (Å²) in [6, 6.07) is -0.189. The molecule has 0 unspecified atom stereocenters. The van der Waals surface area contributed by atoms with Crippen molar-refractivity contribution in [1.82, 2.24) is 19.9 Å². The number of rotatable bonds is 6. The number of nitrogens with two attached hydrogens (primary N) is 1. The molecule has 0 radical (unpaired) electrons. The SMILES string of the molecule is CC(C)N(CC(=O)O)C(=O)Cn1cc(CN)nn1. The molecule has 0 saturated carbocycles. The molecule has 1 aromatic heterocycles. The Morgan fingerprint density at radius 2 is 2.22 bits per heavy atom. The average molecular weight is 255 g/mol. The fourth-order valence-electron chi connectivity index (χ4n) is 1.44. The molecular formula is C10H17N5O3. The van der Waals surface area contributed by atoms with Gasteiger partial charge in [0.05, 0.1) is 11.9 Å². The third-order valence-electron chi connectivity index (χ3n) is 2.34. The number of carboxylic acids is 1. The van der Waals surface area contributed by atoms with Crippen molar-refractivity contribution in [2.45, 2.75) is 33.0 Å². The average Bonchev–Trinajstić information content (AvgIpc) is 2.72. The summed E-state index contributed by atoms with van der Waals surface area (Å²) >= 11 is 0. The second kappa shape index (κ2) is 6.10. The molecule has 3 N–H and O–H groups in total. The molecule has 8 heteroatoms. The van der Waals surface area contributed by atoms with E-state index in [9.17, 15) is 9.59 Å². The van der Waals surface area contributed by atoms with E-state index in [0.29, 0.717) is 5.69 Å². The van der Waals surface area contributed by atoms with Crippen LogP contribution >= 0.6 is 0 Å². The summed E-state index contributed by atoms with van der Waals surface area (Å²) in [5.74, 6) is -1.36. The summed E-state index contributed by atoms with van der Waals surface area (Å²) in [7, 11) is 0. The smallest absolute Gasteiger partial charge is 0.323 e. The van der Waals surface area contributed by atoms with E-state index in [1.165, 1.54) is 9.58 Å². The molecule has 1 amide bonds. The summed E-state index contributed by atoms with van der Waals surface area (Å²) in [6.45, 7) is 3.39. The third-order valence-corrected chi connectivity index (χ3v) is 2.34. The Morgan fingerprint density at radius 3 is 2.67 bits per heavy atom. The summed E-state index contributed by atoms with van der Waals surface area (Å²) < 4.78 is 1.35. The molecular weight excluding hydrogens is 238 g/mol. The minimum absolute atomic E-state index is 0.0432. The summed E-state index contributed by atoms with van der Waals surface area (Å²) in [6.07, 6.45) is 1.57. The van der Waals surface area contributed by atoms with Crippen molar-refractivity contribution in [3.63, 3.8) is 0 Å². The maximum absolute atomic E-state index is 11.9. The van der Waals surface area contributed by atoms with Gasteiger partial charge in [-0.2, -0.15) is 0 Å². The lowest BCUT2D eigenvalue weighted by Crippen LogP contribution is -2.42. The Labute approximate surface area is 104 Å². The highest BCUT2D eigenvalue weighted by Gasteiger charge is 2.20. The van der Waals surface area contributed by atoms with Crippen LogP contribution in [0.2, 0.25) is 0 Å². The van der Waals surface area contributed by atoms with Gasteiger partial charge in [0.2, 0.25) is 5.91 Å². The fraction of sp³-hybridized carbons (Fsp3) is 0.600. The van der Waals surface area contributed by atoms with Crippen LogP contribution in [0.3, 0.4) is 0 Å².